The minimum Gasteiger partial charge on any atom is -0.495 e. The standard InChI is InChI=1S/C23H24ClN3O/c1-16-13-27(15-25-16)22-12-21(18-4-6-20(24)7-5-18)19(11-23(22)28-3)10-17-8-9-26(2)14-17/h4-7,10-13,15H,8-9,14H2,1-3H3. The normalized spacial score (nSPS) is 16.1. The largest absolute Gasteiger partial charge is 0.495 e. The number of halogens is 1. The highest BCUT2D eigenvalue weighted by molar-refractivity contribution is 6.30. The van der Waals surface area contributed by atoms with Crippen molar-refractivity contribution in [2.45, 2.75) is 13.3 Å². The topological polar surface area (TPSA) is 30.3 Å². The van der Waals surface area contributed by atoms with Crippen LogP contribution in [0.15, 0.2) is 54.5 Å². The highest BCUT2D eigenvalue weighted by Crippen LogP contribution is 2.35. The monoisotopic (exact) mass is 393 g/mol. The molecule has 1 fully saturated rings. The molecular formula is C23H24ClN3O. The Morgan fingerprint density at radius 3 is 2.57 bits per heavy atom. The summed E-state index contributed by atoms with van der Waals surface area (Å²) >= 11 is 6.12. The lowest BCUT2D eigenvalue weighted by Gasteiger charge is -2.16. The summed E-state index contributed by atoms with van der Waals surface area (Å²) in [5.41, 5.74) is 6.81. The summed E-state index contributed by atoms with van der Waals surface area (Å²) in [6.07, 6.45) is 7.23. The fourth-order valence-corrected chi connectivity index (χ4v) is 3.80. The molecule has 5 heteroatoms. The van der Waals surface area contributed by atoms with Crippen LogP contribution in [0, 0.1) is 6.92 Å². The lowest BCUT2D eigenvalue weighted by atomic mass is 9.96. The maximum absolute atomic E-state index is 6.12. The Kier molecular flexibility index (Phi) is 5.25. The number of methoxy groups -OCH3 is 1. The maximum Gasteiger partial charge on any atom is 0.143 e. The van der Waals surface area contributed by atoms with E-state index in [-0.39, 0.29) is 0 Å². The number of likely N-dealkylation sites (N-methyl/N-ethyl adjacent to an activating group) is 1. The highest BCUT2D eigenvalue weighted by Gasteiger charge is 2.16. The third-order valence-electron chi connectivity index (χ3n) is 5.14. The first-order valence-corrected chi connectivity index (χ1v) is 9.78. The summed E-state index contributed by atoms with van der Waals surface area (Å²) < 4.78 is 7.74. The van der Waals surface area contributed by atoms with Crippen molar-refractivity contribution in [1.29, 1.82) is 0 Å². The summed E-state index contributed by atoms with van der Waals surface area (Å²) in [6, 6.07) is 12.3. The van der Waals surface area contributed by atoms with Gasteiger partial charge in [0, 0.05) is 24.3 Å². The molecule has 2 heterocycles. The molecule has 144 valence electrons. The van der Waals surface area contributed by atoms with Gasteiger partial charge in [-0.05, 0) is 61.3 Å². The molecule has 3 aromatic rings. The maximum atomic E-state index is 6.12. The molecule has 0 atom stereocenters. The second-order valence-electron chi connectivity index (χ2n) is 7.33. The van der Waals surface area contributed by atoms with Crippen LogP contribution in [-0.2, 0) is 0 Å². The number of hydrogen-bond acceptors (Lipinski definition) is 3. The van der Waals surface area contributed by atoms with Crippen molar-refractivity contribution in [2.75, 3.05) is 27.2 Å². The van der Waals surface area contributed by atoms with Crippen LogP contribution in [0.3, 0.4) is 0 Å². The van der Waals surface area contributed by atoms with Crippen molar-refractivity contribution >= 4 is 17.7 Å². The second-order valence-corrected chi connectivity index (χ2v) is 7.77. The number of rotatable bonds is 4. The van der Waals surface area contributed by atoms with E-state index >= 15 is 0 Å². The number of imidazole rings is 1. The predicted molar refractivity (Wildman–Crippen MR) is 115 cm³/mol. The molecule has 1 saturated heterocycles. The van der Waals surface area contributed by atoms with Crippen LogP contribution in [0.1, 0.15) is 17.7 Å². The fourth-order valence-electron chi connectivity index (χ4n) is 3.68. The summed E-state index contributed by atoms with van der Waals surface area (Å²) in [7, 11) is 3.87. The molecule has 1 aromatic heterocycles. The van der Waals surface area contributed by atoms with Crippen LogP contribution in [-0.4, -0.2) is 41.7 Å². The molecule has 0 unspecified atom stereocenters. The average Bonchev–Trinajstić information content (AvgIpc) is 3.30. The molecule has 28 heavy (non-hydrogen) atoms. The summed E-state index contributed by atoms with van der Waals surface area (Å²) in [5.74, 6) is 0.827. The Hall–Kier alpha value is -2.56. The van der Waals surface area contributed by atoms with Crippen molar-refractivity contribution in [2.24, 2.45) is 0 Å². The number of hydrogen-bond donors (Lipinski definition) is 0. The minimum absolute atomic E-state index is 0.736. The van der Waals surface area contributed by atoms with Gasteiger partial charge in [0.25, 0.3) is 0 Å². The first-order valence-electron chi connectivity index (χ1n) is 9.40. The van der Waals surface area contributed by atoms with Crippen LogP contribution in [0.4, 0.5) is 0 Å². The number of aromatic nitrogens is 2. The summed E-state index contributed by atoms with van der Waals surface area (Å²) in [5, 5.41) is 0.736. The number of ether oxygens (including phenoxy) is 1. The average molecular weight is 394 g/mol. The van der Waals surface area contributed by atoms with Crippen molar-refractivity contribution in [3.8, 4) is 22.6 Å². The van der Waals surface area contributed by atoms with E-state index in [1.165, 1.54) is 5.57 Å². The number of nitrogens with zero attached hydrogens (tertiary/aromatic N) is 3. The zero-order valence-corrected chi connectivity index (χ0v) is 17.2. The first-order chi connectivity index (χ1) is 13.5. The van der Waals surface area contributed by atoms with Gasteiger partial charge in [-0.3, -0.25) is 0 Å². The van der Waals surface area contributed by atoms with Crippen LogP contribution in [0.25, 0.3) is 22.9 Å². The Morgan fingerprint density at radius 1 is 1.18 bits per heavy atom. The molecule has 0 aliphatic carbocycles. The van der Waals surface area contributed by atoms with Crippen molar-refractivity contribution in [3.63, 3.8) is 0 Å². The SMILES string of the molecule is COc1cc(C=C2CCN(C)C2)c(-c2ccc(Cl)cc2)cc1-n1cnc(C)c1. The molecular weight excluding hydrogens is 370 g/mol. The molecule has 0 saturated carbocycles. The third kappa shape index (κ3) is 3.84. The predicted octanol–water partition coefficient (Wildman–Crippen LogP) is 5.23. The van der Waals surface area contributed by atoms with Crippen LogP contribution in [0.5, 0.6) is 5.75 Å². The van der Waals surface area contributed by atoms with E-state index < -0.39 is 0 Å². The molecule has 0 radical (unpaired) electrons. The number of benzene rings is 2. The Labute approximate surface area is 171 Å². The Balaban J connectivity index is 1.89. The Morgan fingerprint density at radius 2 is 1.96 bits per heavy atom. The second kappa shape index (κ2) is 7.82. The number of aryl methyl sites for hydroxylation is 1. The van der Waals surface area contributed by atoms with Gasteiger partial charge in [-0.25, -0.2) is 4.98 Å². The minimum atomic E-state index is 0.736. The quantitative estimate of drug-likeness (QED) is 0.608. The highest BCUT2D eigenvalue weighted by atomic mass is 35.5. The van der Waals surface area contributed by atoms with E-state index in [4.69, 9.17) is 16.3 Å². The molecule has 4 rings (SSSR count). The van der Waals surface area contributed by atoms with Crippen molar-refractivity contribution < 1.29 is 4.74 Å². The molecule has 0 bridgehead atoms. The van der Waals surface area contributed by atoms with Crippen LogP contribution >= 0.6 is 11.6 Å². The van der Waals surface area contributed by atoms with E-state index in [0.717, 1.165) is 58.4 Å². The van der Waals surface area contributed by atoms with Gasteiger partial charge in [-0.1, -0.05) is 35.4 Å². The molecule has 4 nitrogen and oxygen atoms in total. The van der Waals surface area contributed by atoms with Gasteiger partial charge >= 0.3 is 0 Å². The van der Waals surface area contributed by atoms with Gasteiger partial charge in [0.2, 0.25) is 0 Å². The lowest BCUT2D eigenvalue weighted by Crippen LogP contribution is -2.11. The van der Waals surface area contributed by atoms with Crippen molar-refractivity contribution in [3.05, 3.63) is 70.8 Å². The van der Waals surface area contributed by atoms with Gasteiger partial charge in [-0.15, -0.1) is 0 Å². The summed E-state index contributed by atoms with van der Waals surface area (Å²) in [6.45, 7) is 4.09. The van der Waals surface area contributed by atoms with Crippen molar-refractivity contribution in [1.82, 2.24) is 14.5 Å². The molecule has 2 aromatic carbocycles. The zero-order valence-electron chi connectivity index (χ0n) is 16.4. The van der Waals surface area contributed by atoms with Gasteiger partial charge in [0.05, 0.1) is 24.8 Å². The smallest absolute Gasteiger partial charge is 0.143 e. The van der Waals surface area contributed by atoms with E-state index in [0.29, 0.717) is 0 Å². The van der Waals surface area contributed by atoms with Gasteiger partial charge < -0.3 is 14.2 Å². The van der Waals surface area contributed by atoms with E-state index in [2.05, 4.69) is 47.3 Å². The lowest BCUT2D eigenvalue weighted by molar-refractivity contribution is 0.413. The molecule has 0 N–H and O–H groups in total. The van der Waals surface area contributed by atoms with Gasteiger partial charge in [0.15, 0.2) is 0 Å². The van der Waals surface area contributed by atoms with Gasteiger partial charge in [0.1, 0.15) is 5.75 Å². The summed E-state index contributed by atoms with van der Waals surface area (Å²) in [4.78, 5) is 6.71. The molecule has 1 aliphatic rings. The fraction of sp³-hybridized carbons (Fsp3) is 0.261. The van der Waals surface area contributed by atoms with E-state index in [1.807, 2.05) is 36.1 Å². The first kappa shape index (κ1) is 18.8. The zero-order chi connectivity index (χ0) is 19.7. The third-order valence-corrected chi connectivity index (χ3v) is 5.40. The van der Waals surface area contributed by atoms with Crippen LogP contribution < -0.4 is 4.74 Å². The molecule has 1 aliphatic heterocycles. The van der Waals surface area contributed by atoms with Crippen LogP contribution in [0.2, 0.25) is 5.02 Å². The molecule has 0 amide bonds. The van der Waals surface area contributed by atoms with Gasteiger partial charge in [-0.2, -0.15) is 0 Å². The van der Waals surface area contributed by atoms with E-state index in [9.17, 15) is 0 Å². The number of likely N-dealkylation sites (tertiary alicyclic amines) is 1. The molecule has 0 spiro atoms. The Bertz CT molecular complexity index is 1020. The van der Waals surface area contributed by atoms with E-state index in [1.54, 1.807) is 7.11 Å².